The van der Waals surface area contributed by atoms with Gasteiger partial charge in [-0.15, -0.1) is 0 Å². The fourth-order valence-corrected chi connectivity index (χ4v) is 3.29. The Morgan fingerprint density at radius 1 is 1.09 bits per heavy atom. The van der Waals surface area contributed by atoms with Crippen molar-refractivity contribution < 1.29 is 19.0 Å². The van der Waals surface area contributed by atoms with E-state index in [0.717, 1.165) is 29.5 Å². The van der Waals surface area contributed by atoms with Gasteiger partial charge in [0.2, 0.25) is 5.88 Å². The lowest BCUT2D eigenvalue weighted by atomic mass is 10.1. The monoisotopic (exact) mass is 465 g/mol. The molecule has 0 fully saturated rings. The quantitative estimate of drug-likeness (QED) is 0.182. The number of aryl methyl sites for hydroxylation is 2. The number of esters is 1. The fraction of sp³-hybridized carbons (Fsp3) is 0.259. The van der Waals surface area contributed by atoms with E-state index in [0.29, 0.717) is 35.6 Å². The number of ether oxygens (including phenoxy) is 3. The number of hydrogen-bond acceptors (Lipinski definition) is 5. The molecule has 3 rings (SSSR count). The molecule has 0 amide bonds. The van der Waals surface area contributed by atoms with Crippen LogP contribution in [0.25, 0.3) is 6.08 Å². The standard InChI is InChI=1S/C27H28ClNO4/c1-4-5-14-31-26(30)13-10-22-15-20(3)27(24(28)16-22)33-25-12-11-23(17-29-25)32-18-21-8-6-19(2)7-9-21/h6-13,15-17H,4-5,14,18H2,1-3H3/b13-10+. The molecule has 0 radical (unpaired) electrons. The van der Waals surface area contributed by atoms with Gasteiger partial charge in [-0.25, -0.2) is 9.78 Å². The van der Waals surface area contributed by atoms with E-state index in [9.17, 15) is 4.79 Å². The second-order valence-corrected chi connectivity index (χ2v) is 8.12. The molecule has 0 saturated carbocycles. The SMILES string of the molecule is CCCCOC(=O)/C=C/c1cc(C)c(Oc2ccc(OCc3ccc(C)cc3)cn2)c(Cl)c1. The van der Waals surface area contributed by atoms with Crippen LogP contribution >= 0.6 is 11.6 Å². The molecule has 1 heterocycles. The molecular formula is C27H28ClNO4. The fourth-order valence-electron chi connectivity index (χ4n) is 2.98. The number of unbranched alkanes of at least 4 members (excludes halogenated alkanes) is 1. The third-order valence-corrected chi connectivity index (χ3v) is 5.13. The van der Waals surface area contributed by atoms with Crippen molar-refractivity contribution in [2.75, 3.05) is 6.61 Å². The lowest BCUT2D eigenvalue weighted by molar-refractivity contribution is -0.137. The van der Waals surface area contributed by atoms with Gasteiger partial charge in [0.1, 0.15) is 12.4 Å². The molecule has 0 aliphatic carbocycles. The minimum absolute atomic E-state index is 0.369. The van der Waals surface area contributed by atoms with Crippen LogP contribution in [0.3, 0.4) is 0 Å². The average Bonchev–Trinajstić information content (AvgIpc) is 2.81. The largest absolute Gasteiger partial charge is 0.487 e. The highest BCUT2D eigenvalue weighted by atomic mass is 35.5. The zero-order chi connectivity index (χ0) is 23.6. The van der Waals surface area contributed by atoms with Gasteiger partial charge in [-0.1, -0.05) is 54.8 Å². The van der Waals surface area contributed by atoms with E-state index in [1.54, 1.807) is 30.5 Å². The molecule has 33 heavy (non-hydrogen) atoms. The van der Waals surface area contributed by atoms with Crippen LogP contribution < -0.4 is 9.47 Å². The number of carbonyl (C=O) groups is 1. The molecule has 0 saturated heterocycles. The van der Waals surface area contributed by atoms with Gasteiger partial charge in [-0.3, -0.25) is 0 Å². The minimum atomic E-state index is -0.369. The number of hydrogen-bond donors (Lipinski definition) is 0. The molecule has 0 bridgehead atoms. The van der Waals surface area contributed by atoms with Crippen molar-refractivity contribution in [2.24, 2.45) is 0 Å². The van der Waals surface area contributed by atoms with E-state index in [4.69, 9.17) is 25.8 Å². The first-order chi connectivity index (χ1) is 15.9. The Morgan fingerprint density at radius 3 is 2.55 bits per heavy atom. The second-order valence-electron chi connectivity index (χ2n) is 7.71. The maximum absolute atomic E-state index is 11.8. The summed E-state index contributed by atoms with van der Waals surface area (Å²) >= 11 is 6.43. The molecule has 0 unspecified atom stereocenters. The summed E-state index contributed by atoms with van der Waals surface area (Å²) in [5, 5.41) is 0.426. The summed E-state index contributed by atoms with van der Waals surface area (Å²) in [7, 11) is 0. The summed E-state index contributed by atoms with van der Waals surface area (Å²) in [6.45, 7) is 6.87. The highest BCUT2D eigenvalue weighted by Crippen LogP contribution is 2.34. The second kappa shape index (κ2) is 12.1. The minimum Gasteiger partial charge on any atom is -0.487 e. The van der Waals surface area contributed by atoms with Crippen molar-refractivity contribution in [1.29, 1.82) is 0 Å². The molecule has 0 aliphatic rings. The summed E-state index contributed by atoms with van der Waals surface area (Å²) in [5.74, 6) is 1.20. The van der Waals surface area contributed by atoms with Gasteiger partial charge in [0.05, 0.1) is 17.8 Å². The Kier molecular flexibility index (Phi) is 8.90. The van der Waals surface area contributed by atoms with Gasteiger partial charge in [0.25, 0.3) is 0 Å². The molecule has 0 spiro atoms. The van der Waals surface area contributed by atoms with E-state index in [2.05, 4.69) is 24.0 Å². The Bertz CT molecular complexity index is 1070. The third-order valence-electron chi connectivity index (χ3n) is 4.85. The molecule has 1 aromatic heterocycles. The zero-order valence-corrected chi connectivity index (χ0v) is 19.9. The van der Waals surface area contributed by atoms with Crippen molar-refractivity contribution in [3.8, 4) is 17.4 Å². The third kappa shape index (κ3) is 7.65. The molecule has 3 aromatic rings. The highest BCUT2D eigenvalue weighted by Gasteiger charge is 2.10. The predicted molar refractivity (Wildman–Crippen MR) is 131 cm³/mol. The van der Waals surface area contributed by atoms with Crippen LogP contribution in [-0.4, -0.2) is 17.6 Å². The van der Waals surface area contributed by atoms with E-state index >= 15 is 0 Å². The number of aromatic nitrogens is 1. The van der Waals surface area contributed by atoms with E-state index in [1.807, 2.05) is 32.0 Å². The van der Waals surface area contributed by atoms with Gasteiger partial charge in [0, 0.05) is 12.1 Å². The molecule has 0 N–H and O–H groups in total. The van der Waals surface area contributed by atoms with Crippen molar-refractivity contribution in [3.05, 3.63) is 88.1 Å². The number of rotatable bonds is 10. The van der Waals surface area contributed by atoms with E-state index in [1.165, 1.54) is 11.6 Å². The Morgan fingerprint density at radius 2 is 1.88 bits per heavy atom. The van der Waals surface area contributed by atoms with E-state index < -0.39 is 0 Å². The Balaban J connectivity index is 1.59. The molecule has 5 nitrogen and oxygen atoms in total. The number of carbonyl (C=O) groups excluding carboxylic acids is 1. The number of pyridine rings is 1. The van der Waals surface area contributed by atoms with Crippen LogP contribution in [0.1, 0.15) is 42.0 Å². The van der Waals surface area contributed by atoms with Crippen LogP contribution in [0.2, 0.25) is 5.02 Å². The molecule has 6 heteroatoms. The Labute approximate surface area is 200 Å². The summed E-state index contributed by atoms with van der Waals surface area (Å²) in [6, 6.07) is 15.4. The van der Waals surface area contributed by atoms with Gasteiger partial charge >= 0.3 is 5.97 Å². The van der Waals surface area contributed by atoms with Crippen LogP contribution in [0.5, 0.6) is 17.4 Å². The smallest absolute Gasteiger partial charge is 0.330 e. The summed E-state index contributed by atoms with van der Waals surface area (Å²) < 4.78 is 16.8. The number of benzene rings is 2. The first kappa shape index (κ1) is 24.3. The van der Waals surface area contributed by atoms with Crippen LogP contribution in [0.4, 0.5) is 0 Å². The van der Waals surface area contributed by atoms with Gasteiger partial charge in [-0.05, 0) is 61.2 Å². The Hall–Kier alpha value is -3.31. The number of nitrogens with zero attached hydrogens (tertiary/aromatic N) is 1. The molecule has 0 atom stereocenters. The molecule has 2 aromatic carbocycles. The maximum atomic E-state index is 11.8. The van der Waals surface area contributed by atoms with Crippen LogP contribution in [0, 0.1) is 13.8 Å². The molecule has 172 valence electrons. The highest BCUT2D eigenvalue weighted by molar-refractivity contribution is 6.32. The van der Waals surface area contributed by atoms with Gasteiger partial charge < -0.3 is 14.2 Å². The van der Waals surface area contributed by atoms with Gasteiger partial charge in [0.15, 0.2) is 5.75 Å². The van der Waals surface area contributed by atoms with Crippen LogP contribution in [-0.2, 0) is 16.1 Å². The summed E-state index contributed by atoms with van der Waals surface area (Å²) in [5.41, 5.74) is 3.91. The number of halogens is 1. The zero-order valence-electron chi connectivity index (χ0n) is 19.1. The van der Waals surface area contributed by atoms with Gasteiger partial charge in [-0.2, -0.15) is 0 Å². The van der Waals surface area contributed by atoms with E-state index in [-0.39, 0.29) is 5.97 Å². The lowest BCUT2D eigenvalue weighted by Crippen LogP contribution is -2.01. The summed E-state index contributed by atoms with van der Waals surface area (Å²) in [4.78, 5) is 16.1. The topological polar surface area (TPSA) is 57.7 Å². The van der Waals surface area contributed by atoms with Crippen molar-refractivity contribution in [2.45, 2.75) is 40.2 Å². The predicted octanol–water partition coefficient (Wildman–Crippen LogP) is 7.08. The maximum Gasteiger partial charge on any atom is 0.330 e. The average molecular weight is 466 g/mol. The first-order valence-electron chi connectivity index (χ1n) is 10.9. The normalized spacial score (nSPS) is 10.9. The molecular weight excluding hydrogens is 438 g/mol. The summed E-state index contributed by atoms with van der Waals surface area (Å²) in [6.07, 6.45) is 6.53. The van der Waals surface area contributed by atoms with Crippen molar-refractivity contribution in [1.82, 2.24) is 4.98 Å². The molecule has 0 aliphatic heterocycles. The first-order valence-corrected chi connectivity index (χ1v) is 11.3. The van der Waals surface area contributed by atoms with Crippen molar-refractivity contribution in [3.63, 3.8) is 0 Å². The lowest BCUT2D eigenvalue weighted by Gasteiger charge is -2.12. The van der Waals surface area contributed by atoms with Crippen molar-refractivity contribution >= 4 is 23.6 Å². The van der Waals surface area contributed by atoms with Crippen LogP contribution in [0.15, 0.2) is 60.8 Å².